The van der Waals surface area contributed by atoms with Crippen LogP contribution in [-0.4, -0.2) is 22.0 Å². The van der Waals surface area contributed by atoms with Gasteiger partial charge in [0.15, 0.2) is 0 Å². The summed E-state index contributed by atoms with van der Waals surface area (Å²) in [7, 11) is 0. The molecule has 90 valence electrons. The van der Waals surface area contributed by atoms with Gasteiger partial charge in [0.25, 0.3) is 0 Å². The number of rotatable bonds is 2. The number of carbonyl (C=O) groups is 1. The van der Waals surface area contributed by atoms with E-state index in [9.17, 15) is 4.79 Å². The average Bonchev–Trinajstić information content (AvgIpc) is 2.90. The first kappa shape index (κ1) is 10.5. The van der Waals surface area contributed by atoms with E-state index in [2.05, 4.69) is 20.6 Å². The molecule has 5 heteroatoms. The van der Waals surface area contributed by atoms with Crippen LogP contribution in [0.15, 0.2) is 12.4 Å². The second-order valence-electron chi connectivity index (χ2n) is 5.04. The molecule has 0 radical (unpaired) electrons. The molecule has 0 bridgehead atoms. The van der Waals surface area contributed by atoms with Crippen LogP contribution in [0, 0.1) is 18.8 Å². The third-order valence-electron chi connectivity index (χ3n) is 3.62. The van der Waals surface area contributed by atoms with Crippen LogP contribution in [0.1, 0.15) is 25.1 Å². The lowest BCUT2D eigenvalue weighted by Crippen LogP contribution is -2.37. The Hall–Kier alpha value is -1.65. The van der Waals surface area contributed by atoms with Crippen LogP contribution in [0.2, 0.25) is 0 Å². The Balaban J connectivity index is 1.51. The van der Waals surface area contributed by atoms with Crippen LogP contribution < -0.4 is 10.6 Å². The van der Waals surface area contributed by atoms with Gasteiger partial charge in [0, 0.05) is 6.04 Å². The molecule has 5 nitrogen and oxygen atoms in total. The molecule has 2 amide bonds. The number of hydrogen-bond acceptors (Lipinski definition) is 3. The van der Waals surface area contributed by atoms with Gasteiger partial charge in [-0.05, 0) is 38.0 Å². The quantitative estimate of drug-likeness (QED) is 0.815. The zero-order valence-electron chi connectivity index (χ0n) is 9.81. The van der Waals surface area contributed by atoms with Crippen LogP contribution in [0.3, 0.4) is 0 Å². The van der Waals surface area contributed by atoms with Crippen molar-refractivity contribution < 1.29 is 4.79 Å². The summed E-state index contributed by atoms with van der Waals surface area (Å²) in [5.74, 6) is 2.46. The molecule has 2 unspecified atom stereocenters. The van der Waals surface area contributed by atoms with E-state index in [1.165, 1.54) is 6.42 Å². The number of carbonyl (C=O) groups excluding carboxylic acids is 1. The molecule has 0 aliphatic heterocycles. The molecule has 17 heavy (non-hydrogen) atoms. The van der Waals surface area contributed by atoms with E-state index in [-0.39, 0.29) is 6.03 Å². The first-order valence-electron chi connectivity index (χ1n) is 6.07. The molecular weight excluding hydrogens is 216 g/mol. The summed E-state index contributed by atoms with van der Waals surface area (Å²) < 4.78 is 0. The van der Waals surface area contributed by atoms with Crippen LogP contribution in [0.4, 0.5) is 10.5 Å². The monoisotopic (exact) mass is 232 g/mol. The number of anilines is 1. The molecule has 2 aliphatic carbocycles. The highest BCUT2D eigenvalue weighted by atomic mass is 16.2. The fraction of sp³-hybridized carbons (Fsp3) is 0.583. The predicted molar refractivity (Wildman–Crippen MR) is 63.5 cm³/mol. The summed E-state index contributed by atoms with van der Waals surface area (Å²) in [4.78, 5) is 19.8. The highest BCUT2D eigenvalue weighted by molar-refractivity contribution is 5.89. The van der Waals surface area contributed by atoms with E-state index >= 15 is 0 Å². The summed E-state index contributed by atoms with van der Waals surface area (Å²) in [5.41, 5.74) is 0.635. The average molecular weight is 232 g/mol. The number of fused-ring (bicyclic) bond motifs is 1. The fourth-order valence-corrected chi connectivity index (χ4v) is 2.64. The second kappa shape index (κ2) is 3.98. The normalized spacial score (nSPS) is 29.6. The first-order chi connectivity index (χ1) is 8.20. The Kier molecular flexibility index (Phi) is 2.46. The molecule has 0 saturated heterocycles. The predicted octanol–water partition coefficient (Wildman–Crippen LogP) is 1.71. The van der Waals surface area contributed by atoms with Crippen LogP contribution in [0.25, 0.3) is 0 Å². The number of nitrogens with one attached hydrogen (secondary N) is 2. The minimum atomic E-state index is -0.149. The van der Waals surface area contributed by atoms with Gasteiger partial charge in [-0.15, -0.1) is 0 Å². The van der Waals surface area contributed by atoms with Crippen molar-refractivity contribution in [1.82, 2.24) is 15.3 Å². The third kappa shape index (κ3) is 2.38. The molecule has 0 aromatic carbocycles. The zero-order valence-corrected chi connectivity index (χ0v) is 9.81. The smallest absolute Gasteiger partial charge is 0.319 e. The molecular formula is C12H16N4O. The van der Waals surface area contributed by atoms with Crippen molar-refractivity contribution in [2.24, 2.45) is 11.8 Å². The lowest BCUT2D eigenvalue weighted by Gasteiger charge is -2.14. The molecule has 2 fully saturated rings. The van der Waals surface area contributed by atoms with E-state index in [1.54, 1.807) is 12.4 Å². The van der Waals surface area contributed by atoms with Crippen molar-refractivity contribution >= 4 is 11.7 Å². The zero-order chi connectivity index (χ0) is 11.8. The summed E-state index contributed by atoms with van der Waals surface area (Å²) >= 11 is 0. The van der Waals surface area contributed by atoms with Crippen LogP contribution >= 0.6 is 0 Å². The number of hydrogen-bond donors (Lipinski definition) is 2. The van der Waals surface area contributed by atoms with Crippen molar-refractivity contribution in [3.8, 4) is 0 Å². The van der Waals surface area contributed by atoms with Crippen LogP contribution in [-0.2, 0) is 0 Å². The minimum Gasteiger partial charge on any atom is -0.335 e. The molecule has 1 heterocycles. The van der Waals surface area contributed by atoms with Gasteiger partial charge in [0.2, 0.25) is 0 Å². The fourth-order valence-electron chi connectivity index (χ4n) is 2.64. The molecule has 2 saturated carbocycles. The molecule has 1 aromatic rings. The summed E-state index contributed by atoms with van der Waals surface area (Å²) in [6.07, 6.45) is 6.89. The first-order valence-corrected chi connectivity index (χ1v) is 6.07. The van der Waals surface area contributed by atoms with Gasteiger partial charge in [0.05, 0.1) is 18.1 Å². The summed E-state index contributed by atoms with van der Waals surface area (Å²) in [6, 6.07) is 0.203. The minimum absolute atomic E-state index is 0.149. The van der Waals surface area contributed by atoms with E-state index < -0.39 is 0 Å². The molecule has 0 spiro atoms. The highest BCUT2D eigenvalue weighted by Crippen LogP contribution is 2.51. The van der Waals surface area contributed by atoms with Crippen molar-refractivity contribution in [1.29, 1.82) is 0 Å². The molecule has 2 N–H and O–H groups in total. The van der Waals surface area contributed by atoms with Gasteiger partial charge >= 0.3 is 6.03 Å². The van der Waals surface area contributed by atoms with Crippen molar-refractivity contribution in [3.05, 3.63) is 18.2 Å². The molecule has 1 aromatic heterocycles. The Bertz CT molecular complexity index is 421. The Morgan fingerprint density at radius 1 is 1.24 bits per heavy atom. The molecule has 3 rings (SSSR count). The Morgan fingerprint density at radius 3 is 2.53 bits per heavy atom. The second-order valence-corrected chi connectivity index (χ2v) is 5.04. The third-order valence-corrected chi connectivity index (χ3v) is 3.62. The van der Waals surface area contributed by atoms with E-state index in [0.29, 0.717) is 17.6 Å². The number of aryl methyl sites for hydroxylation is 1. The molecule has 2 atom stereocenters. The SMILES string of the molecule is Cc1ncc(NC(=O)NC2CC3CC3C2)cn1. The number of aromatic nitrogens is 2. The molecule has 2 aliphatic rings. The Labute approximate surface area is 100 Å². The number of urea groups is 1. The topological polar surface area (TPSA) is 66.9 Å². The van der Waals surface area contributed by atoms with Gasteiger partial charge in [-0.25, -0.2) is 14.8 Å². The summed E-state index contributed by atoms with van der Waals surface area (Å²) in [6.45, 7) is 1.81. The van der Waals surface area contributed by atoms with Gasteiger partial charge in [-0.2, -0.15) is 0 Å². The largest absolute Gasteiger partial charge is 0.335 e. The maximum atomic E-state index is 11.7. The summed E-state index contributed by atoms with van der Waals surface area (Å²) in [5, 5.41) is 5.75. The van der Waals surface area contributed by atoms with Crippen LogP contribution in [0.5, 0.6) is 0 Å². The van der Waals surface area contributed by atoms with Crippen molar-refractivity contribution in [3.63, 3.8) is 0 Å². The lowest BCUT2D eigenvalue weighted by molar-refractivity contribution is 0.247. The van der Waals surface area contributed by atoms with Gasteiger partial charge in [-0.3, -0.25) is 0 Å². The number of nitrogens with zero attached hydrogens (tertiary/aromatic N) is 2. The maximum absolute atomic E-state index is 11.7. The highest BCUT2D eigenvalue weighted by Gasteiger charge is 2.46. The standard InChI is InChI=1S/C12H16N4O/c1-7-13-5-11(6-14-7)16-12(17)15-10-3-8-2-9(8)4-10/h5-6,8-10H,2-4H2,1H3,(H2,15,16,17). The van der Waals surface area contributed by atoms with Crippen molar-refractivity contribution in [2.45, 2.75) is 32.2 Å². The van der Waals surface area contributed by atoms with Crippen molar-refractivity contribution in [2.75, 3.05) is 5.32 Å². The Morgan fingerprint density at radius 2 is 1.88 bits per heavy atom. The van der Waals surface area contributed by atoms with Gasteiger partial charge < -0.3 is 10.6 Å². The van der Waals surface area contributed by atoms with Gasteiger partial charge in [-0.1, -0.05) is 0 Å². The maximum Gasteiger partial charge on any atom is 0.319 e. The van der Waals surface area contributed by atoms with E-state index in [4.69, 9.17) is 0 Å². The lowest BCUT2D eigenvalue weighted by atomic mass is 10.2. The van der Waals surface area contributed by atoms with Gasteiger partial charge in [0.1, 0.15) is 5.82 Å². The van der Waals surface area contributed by atoms with E-state index in [0.717, 1.165) is 24.7 Å². The number of amides is 2. The van der Waals surface area contributed by atoms with E-state index in [1.807, 2.05) is 6.92 Å².